The van der Waals surface area contributed by atoms with Gasteiger partial charge < -0.3 is 13.6 Å². The van der Waals surface area contributed by atoms with E-state index < -0.39 is 11.1 Å². The number of carbonyl (C=O) groups excluding carboxylic acids is 1. The molecule has 17 heavy (non-hydrogen) atoms. The van der Waals surface area contributed by atoms with Crippen molar-refractivity contribution in [1.82, 2.24) is 9.13 Å². The Hall–Kier alpha value is -2.37. The highest BCUT2D eigenvalue weighted by molar-refractivity contribution is 5.93. The summed E-state index contributed by atoms with van der Waals surface area (Å²) >= 11 is 0. The average molecular weight is 234 g/mol. The summed E-state index contributed by atoms with van der Waals surface area (Å²) in [6.45, 7) is -0.206. The molecule has 0 fully saturated rings. The number of nitrogens with zero attached hydrogens (tertiary/aromatic N) is 2. The van der Waals surface area contributed by atoms with E-state index in [2.05, 4.69) is 0 Å². The van der Waals surface area contributed by atoms with E-state index in [1.54, 1.807) is 6.07 Å². The number of rotatable bonds is 3. The molecule has 0 atom stereocenters. The van der Waals surface area contributed by atoms with Crippen molar-refractivity contribution in [3.63, 3.8) is 0 Å². The molecule has 6 nitrogen and oxygen atoms in total. The van der Waals surface area contributed by atoms with E-state index in [1.807, 2.05) is 0 Å². The molecule has 0 amide bonds. The number of hydrogen-bond acceptors (Lipinski definition) is 4. The molecule has 0 aliphatic carbocycles. The van der Waals surface area contributed by atoms with E-state index in [4.69, 9.17) is 4.42 Å². The van der Waals surface area contributed by atoms with Crippen molar-refractivity contribution in [2.24, 2.45) is 7.05 Å². The molecule has 0 radical (unpaired) electrons. The third kappa shape index (κ3) is 2.10. The Morgan fingerprint density at radius 3 is 2.71 bits per heavy atom. The topological polar surface area (TPSA) is 74.2 Å². The molecule has 0 spiro atoms. The first-order valence-corrected chi connectivity index (χ1v) is 4.92. The first-order chi connectivity index (χ1) is 8.09. The van der Waals surface area contributed by atoms with E-state index in [0.29, 0.717) is 0 Å². The van der Waals surface area contributed by atoms with Gasteiger partial charge in [-0.25, -0.2) is 0 Å². The van der Waals surface area contributed by atoms with Crippen molar-refractivity contribution in [3.8, 4) is 0 Å². The van der Waals surface area contributed by atoms with Gasteiger partial charge in [0.05, 0.1) is 12.8 Å². The van der Waals surface area contributed by atoms with Crippen LogP contribution in [0, 0.1) is 0 Å². The molecule has 0 aliphatic rings. The minimum absolute atomic E-state index is 0.164. The average Bonchev–Trinajstić information content (AvgIpc) is 2.83. The highest BCUT2D eigenvalue weighted by atomic mass is 16.3. The number of ketones is 1. The highest BCUT2D eigenvalue weighted by Gasteiger charge is 2.11. The summed E-state index contributed by atoms with van der Waals surface area (Å²) in [4.78, 5) is 34.6. The fourth-order valence-corrected chi connectivity index (χ4v) is 1.38. The molecule has 2 rings (SSSR count). The molecule has 2 aromatic rings. The molecule has 0 aromatic carbocycles. The van der Waals surface area contributed by atoms with E-state index in [-0.39, 0.29) is 18.1 Å². The second kappa shape index (κ2) is 4.25. The van der Waals surface area contributed by atoms with Crippen LogP contribution < -0.4 is 11.1 Å². The van der Waals surface area contributed by atoms with Gasteiger partial charge in [0.25, 0.3) is 0 Å². The summed E-state index contributed by atoms with van der Waals surface area (Å²) in [6, 6.07) is 3.09. The largest absolute Gasteiger partial charge is 0.461 e. The van der Waals surface area contributed by atoms with Crippen LogP contribution >= 0.6 is 0 Å². The smallest absolute Gasteiger partial charge is 0.316 e. The van der Waals surface area contributed by atoms with Gasteiger partial charge in [-0.1, -0.05) is 0 Å². The van der Waals surface area contributed by atoms with Gasteiger partial charge in [-0.15, -0.1) is 0 Å². The predicted octanol–water partition coefficient (Wildman–Crippen LogP) is 0.0229. The Morgan fingerprint density at radius 1 is 1.29 bits per heavy atom. The van der Waals surface area contributed by atoms with Crippen LogP contribution in [0.1, 0.15) is 10.6 Å². The van der Waals surface area contributed by atoms with E-state index in [0.717, 1.165) is 9.13 Å². The van der Waals surface area contributed by atoms with Crippen molar-refractivity contribution in [1.29, 1.82) is 0 Å². The molecule has 6 heteroatoms. The molecule has 2 aromatic heterocycles. The van der Waals surface area contributed by atoms with Crippen LogP contribution in [-0.2, 0) is 13.6 Å². The molecule has 0 unspecified atom stereocenters. The number of carbonyl (C=O) groups is 1. The van der Waals surface area contributed by atoms with Gasteiger partial charge in [-0.3, -0.25) is 14.4 Å². The molecule has 0 saturated carbocycles. The second-order valence-corrected chi connectivity index (χ2v) is 3.55. The Bertz CT molecular complexity index is 649. The normalized spacial score (nSPS) is 10.4. The van der Waals surface area contributed by atoms with Gasteiger partial charge in [-0.2, -0.15) is 0 Å². The molecule has 2 heterocycles. The van der Waals surface area contributed by atoms with Gasteiger partial charge in [0, 0.05) is 19.4 Å². The van der Waals surface area contributed by atoms with Crippen LogP contribution in [0.2, 0.25) is 0 Å². The Kier molecular flexibility index (Phi) is 2.78. The van der Waals surface area contributed by atoms with Gasteiger partial charge in [-0.05, 0) is 12.1 Å². The number of Topliss-reactive ketones (excluding diaryl/α,β-unsaturated/α-hetero) is 1. The maximum atomic E-state index is 11.7. The lowest BCUT2D eigenvalue weighted by Gasteiger charge is -2.03. The summed E-state index contributed by atoms with van der Waals surface area (Å²) in [5, 5.41) is 0. The standard InChI is InChI=1S/C11H10N2O4/c1-12-4-5-13(11(16)10(12)15)7-8(14)9-3-2-6-17-9/h2-6H,7H2,1H3. The lowest BCUT2D eigenvalue weighted by Crippen LogP contribution is -2.40. The van der Waals surface area contributed by atoms with Crippen LogP contribution in [0.3, 0.4) is 0 Å². The molecule has 88 valence electrons. The summed E-state index contributed by atoms with van der Waals surface area (Å²) in [5.41, 5.74) is -1.39. The van der Waals surface area contributed by atoms with Gasteiger partial charge in [0.1, 0.15) is 0 Å². The van der Waals surface area contributed by atoms with Crippen molar-refractivity contribution in [2.45, 2.75) is 6.54 Å². The SMILES string of the molecule is Cn1ccn(CC(=O)c2ccco2)c(=O)c1=O. The van der Waals surface area contributed by atoms with Gasteiger partial charge in [0.2, 0.25) is 5.78 Å². The maximum absolute atomic E-state index is 11.7. The zero-order chi connectivity index (χ0) is 12.4. The van der Waals surface area contributed by atoms with Crippen LogP contribution in [0.15, 0.2) is 44.8 Å². The number of hydrogen-bond donors (Lipinski definition) is 0. The van der Waals surface area contributed by atoms with Crippen molar-refractivity contribution < 1.29 is 9.21 Å². The number of furan rings is 1. The first-order valence-electron chi connectivity index (χ1n) is 4.92. The first kappa shape index (κ1) is 11.1. The molecule has 0 bridgehead atoms. The fourth-order valence-electron chi connectivity index (χ4n) is 1.38. The van der Waals surface area contributed by atoms with Crippen LogP contribution in [0.4, 0.5) is 0 Å². The van der Waals surface area contributed by atoms with Gasteiger partial charge in [0.15, 0.2) is 5.76 Å². The monoisotopic (exact) mass is 234 g/mol. The molecule has 0 aliphatic heterocycles. The van der Waals surface area contributed by atoms with Crippen LogP contribution in [0.5, 0.6) is 0 Å². The third-order valence-electron chi connectivity index (χ3n) is 2.34. The van der Waals surface area contributed by atoms with E-state index >= 15 is 0 Å². The molecule has 0 N–H and O–H groups in total. The summed E-state index contributed by atoms with van der Waals surface area (Å²) in [5.74, 6) is -0.192. The number of aromatic nitrogens is 2. The lowest BCUT2D eigenvalue weighted by molar-refractivity contribution is 0.0943. The Balaban J connectivity index is 2.32. The molecular formula is C11H10N2O4. The Labute approximate surface area is 95.7 Å². The highest BCUT2D eigenvalue weighted by Crippen LogP contribution is 2.01. The summed E-state index contributed by atoms with van der Waals surface area (Å²) in [6.07, 6.45) is 4.20. The summed E-state index contributed by atoms with van der Waals surface area (Å²) in [7, 11) is 1.47. The zero-order valence-electron chi connectivity index (χ0n) is 9.12. The van der Waals surface area contributed by atoms with Crippen molar-refractivity contribution in [2.75, 3.05) is 0 Å². The van der Waals surface area contributed by atoms with Crippen molar-refractivity contribution in [3.05, 3.63) is 57.3 Å². The van der Waals surface area contributed by atoms with E-state index in [1.165, 1.54) is 31.8 Å². The Morgan fingerprint density at radius 2 is 2.06 bits per heavy atom. The minimum Gasteiger partial charge on any atom is -0.461 e. The van der Waals surface area contributed by atoms with Crippen LogP contribution in [-0.4, -0.2) is 14.9 Å². The minimum atomic E-state index is -0.727. The summed E-state index contributed by atoms with van der Waals surface area (Å²) < 4.78 is 7.14. The maximum Gasteiger partial charge on any atom is 0.316 e. The number of aryl methyl sites for hydroxylation is 1. The fraction of sp³-hybridized carbons (Fsp3) is 0.182. The van der Waals surface area contributed by atoms with Gasteiger partial charge >= 0.3 is 11.1 Å². The zero-order valence-corrected chi connectivity index (χ0v) is 9.12. The predicted molar refractivity (Wildman–Crippen MR) is 59.0 cm³/mol. The quantitative estimate of drug-likeness (QED) is 0.554. The van der Waals surface area contributed by atoms with Crippen LogP contribution in [0.25, 0.3) is 0 Å². The molecular weight excluding hydrogens is 224 g/mol. The van der Waals surface area contributed by atoms with Crippen molar-refractivity contribution >= 4 is 5.78 Å². The molecule has 0 saturated heterocycles. The van der Waals surface area contributed by atoms with E-state index in [9.17, 15) is 14.4 Å². The lowest BCUT2D eigenvalue weighted by atomic mass is 10.3. The second-order valence-electron chi connectivity index (χ2n) is 3.55. The third-order valence-corrected chi connectivity index (χ3v) is 2.34.